The number of aromatic nitrogens is 2. The van der Waals surface area contributed by atoms with Crippen LogP contribution in [0.5, 0.6) is 5.75 Å². The second-order valence-corrected chi connectivity index (χ2v) is 5.27. The highest BCUT2D eigenvalue weighted by molar-refractivity contribution is 6.21. The van der Waals surface area contributed by atoms with Crippen LogP contribution in [0.1, 0.15) is 31.2 Å². The first-order valence-electron chi connectivity index (χ1n) is 7.31. The number of benzene rings is 1. The Morgan fingerprint density at radius 3 is 2.40 bits per heavy atom. The molecule has 3 heterocycles. The number of carbonyl (C=O) groups excluding carboxylic acids is 3. The van der Waals surface area contributed by atoms with Crippen molar-refractivity contribution in [2.24, 2.45) is 0 Å². The highest BCUT2D eigenvalue weighted by atomic mass is 16.7. The van der Waals surface area contributed by atoms with E-state index in [1.807, 2.05) is 0 Å². The number of nitrogens with zero attached hydrogens (tertiary/aromatic N) is 3. The lowest BCUT2D eigenvalue weighted by Crippen LogP contribution is -2.33. The van der Waals surface area contributed by atoms with Crippen LogP contribution in [0, 0.1) is 0 Å². The molecule has 0 fully saturated rings. The number of ether oxygens (including phenoxy) is 1. The molecule has 2 aromatic heterocycles. The second-order valence-electron chi connectivity index (χ2n) is 5.27. The van der Waals surface area contributed by atoms with Crippen LogP contribution in [0.4, 0.5) is 0 Å². The van der Waals surface area contributed by atoms with Gasteiger partial charge in [-0.15, -0.1) is 0 Å². The van der Waals surface area contributed by atoms with Gasteiger partial charge in [0.1, 0.15) is 11.4 Å². The second kappa shape index (κ2) is 5.45. The molecule has 0 N–H and O–H groups in total. The number of imide groups is 1. The number of amides is 2. The predicted molar refractivity (Wildman–Crippen MR) is 84.1 cm³/mol. The fourth-order valence-electron chi connectivity index (χ4n) is 2.62. The van der Waals surface area contributed by atoms with Gasteiger partial charge in [0.2, 0.25) is 0 Å². The van der Waals surface area contributed by atoms with Gasteiger partial charge in [-0.25, -0.2) is 9.78 Å². The molecule has 0 unspecified atom stereocenters. The molecule has 0 atom stereocenters. The molecule has 0 saturated carbocycles. The van der Waals surface area contributed by atoms with E-state index in [0.717, 1.165) is 0 Å². The monoisotopic (exact) mass is 337 g/mol. The third-order valence-corrected chi connectivity index (χ3v) is 3.86. The maximum atomic E-state index is 12.4. The maximum absolute atomic E-state index is 12.4. The van der Waals surface area contributed by atoms with Crippen molar-refractivity contribution >= 4 is 23.4 Å². The van der Waals surface area contributed by atoms with Crippen molar-refractivity contribution in [2.45, 2.75) is 0 Å². The van der Waals surface area contributed by atoms with Crippen molar-refractivity contribution in [3.05, 3.63) is 65.6 Å². The van der Waals surface area contributed by atoms with Gasteiger partial charge in [0, 0.05) is 12.3 Å². The molecule has 2 amide bonds. The van der Waals surface area contributed by atoms with Crippen molar-refractivity contribution in [3.63, 3.8) is 0 Å². The summed E-state index contributed by atoms with van der Waals surface area (Å²) in [4.78, 5) is 46.0. The van der Waals surface area contributed by atoms with Crippen LogP contribution in [0.15, 0.2) is 48.8 Å². The van der Waals surface area contributed by atoms with E-state index in [-0.39, 0.29) is 16.8 Å². The van der Waals surface area contributed by atoms with Gasteiger partial charge in [0.05, 0.1) is 24.4 Å². The average molecular weight is 337 g/mol. The summed E-state index contributed by atoms with van der Waals surface area (Å²) in [5.74, 6) is -1.64. The predicted octanol–water partition coefficient (Wildman–Crippen LogP) is 1.71. The van der Waals surface area contributed by atoms with E-state index < -0.39 is 17.8 Å². The molecule has 8 heteroatoms. The van der Waals surface area contributed by atoms with Crippen molar-refractivity contribution in [2.75, 3.05) is 7.11 Å². The van der Waals surface area contributed by atoms with Gasteiger partial charge in [-0.3, -0.25) is 14.0 Å². The Morgan fingerprint density at radius 1 is 1.08 bits per heavy atom. The number of imidazole rings is 1. The molecule has 1 aliphatic rings. The molecule has 8 nitrogen and oxygen atoms in total. The molecular weight excluding hydrogens is 326 g/mol. The standard InChI is InChI=1S/C17H11N3O5/c1-24-10-6-7-19-13(9-18-14(19)8-10)17(23)25-20-15(21)11-4-2-3-5-12(11)16(20)22/h2-9H,1H3. The first-order chi connectivity index (χ1) is 12.1. The molecule has 0 radical (unpaired) electrons. The number of hydrogen-bond donors (Lipinski definition) is 0. The minimum absolute atomic E-state index is 0.0780. The van der Waals surface area contributed by atoms with Crippen molar-refractivity contribution in [1.82, 2.24) is 14.4 Å². The lowest BCUT2D eigenvalue weighted by Gasteiger charge is -2.12. The Morgan fingerprint density at radius 2 is 1.76 bits per heavy atom. The van der Waals surface area contributed by atoms with Gasteiger partial charge in [-0.1, -0.05) is 17.2 Å². The Kier molecular flexibility index (Phi) is 3.24. The Hall–Kier alpha value is -3.68. The number of rotatable bonds is 3. The van der Waals surface area contributed by atoms with Gasteiger partial charge in [0.15, 0.2) is 5.69 Å². The summed E-state index contributed by atoms with van der Waals surface area (Å²) in [6.07, 6.45) is 2.88. The van der Waals surface area contributed by atoms with E-state index in [9.17, 15) is 14.4 Å². The molecule has 0 spiro atoms. The lowest BCUT2D eigenvalue weighted by atomic mass is 10.1. The van der Waals surface area contributed by atoms with Crippen LogP contribution in [0.2, 0.25) is 0 Å². The Bertz CT molecular complexity index is 1000. The van der Waals surface area contributed by atoms with Gasteiger partial charge in [0.25, 0.3) is 11.8 Å². The third-order valence-electron chi connectivity index (χ3n) is 3.86. The summed E-state index contributed by atoms with van der Waals surface area (Å²) in [6.45, 7) is 0. The highest BCUT2D eigenvalue weighted by Gasteiger charge is 2.39. The molecule has 0 bridgehead atoms. The molecule has 0 saturated heterocycles. The van der Waals surface area contributed by atoms with E-state index >= 15 is 0 Å². The topological polar surface area (TPSA) is 90.2 Å². The van der Waals surface area contributed by atoms with Gasteiger partial charge in [-0.2, -0.15) is 0 Å². The summed E-state index contributed by atoms with van der Waals surface area (Å²) < 4.78 is 6.57. The summed E-state index contributed by atoms with van der Waals surface area (Å²) in [5.41, 5.74) is 0.939. The molecule has 0 aliphatic carbocycles. The number of hydroxylamine groups is 2. The van der Waals surface area contributed by atoms with Gasteiger partial charge in [-0.05, 0) is 18.2 Å². The molecule has 1 aliphatic heterocycles. The Labute approximate surface area is 141 Å². The van der Waals surface area contributed by atoms with E-state index in [0.29, 0.717) is 16.5 Å². The minimum atomic E-state index is -0.868. The molecule has 3 aromatic rings. The molecule has 25 heavy (non-hydrogen) atoms. The zero-order chi connectivity index (χ0) is 17.6. The van der Waals surface area contributed by atoms with Gasteiger partial charge < -0.3 is 9.57 Å². The van der Waals surface area contributed by atoms with Crippen LogP contribution in [-0.2, 0) is 4.84 Å². The summed E-state index contributed by atoms with van der Waals surface area (Å²) in [5, 5.41) is 0.468. The smallest absolute Gasteiger partial charge is 0.382 e. The molecular formula is C17H11N3O5. The third kappa shape index (κ3) is 2.23. The SMILES string of the molecule is COc1ccn2c(C(=O)ON3C(=O)c4ccccc4C3=O)cnc2c1. The van der Waals surface area contributed by atoms with Crippen LogP contribution >= 0.6 is 0 Å². The van der Waals surface area contributed by atoms with E-state index in [2.05, 4.69) is 4.98 Å². The minimum Gasteiger partial charge on any atom is -0.497 e. The van der Waals surface area contributed by atoms with Gasteiger partial charge >= 0.3 is 5.97 Å². The number of pyridine rings is 1. The first-order valence-corrected chi connectivity index (χ1v) is 7.31. The van der Waals surface area contributed by atoms with Crippen LogP contribution in [0.25, 0.3) is 5.65 Å². The summed E-state index contributed by atoms with van der Waals surface area (Å²) in [7, 11) is 1.52. The van der Waals surface area contributed by atoms with Crippen molar-refractivity contribution < 1.29 is 24.0 Å². The van der Waals surface area contributed by atoms with Crippen molar-refractivity contribution in [1.29, 1.82) is 0 Å². The zero-order valence-electron chi connectivity index (χ0n) is 13.0. The van der Waals surface area contributed by atoms with E-state index in [4.69, 9.17) is 9.57 Å². The number of carbonyl (C=O) groups is 3. The normalized spacial score (nSPS) is 13.2. The van der Waals surface area contributed by atoms with Crippen LogP contribution in [0.3, 0.4) is 0 Å². The van der Waals surface area contributed by atoms with Crippen LogP contribution < -0.4 is 4.74 Å². The highest BCUT2D eigenvalue weighted by Crippen LogP contribution is 2.23. The molecule has 1 aromatic carbocycles. The molecule has 124 valence electrons. The van der Waals surface area contributed by atoms with E-state index in [1.165, 1.54) is 29.8 Å². The lowest BCUT2D eigenvalue weighted by molar-refractivity contribution is -0.0589. The maximum Gasteiger partial charge on any atom is 0.382 e. The fraction of sp³-hybridized carbons (Fsp3) is 0.0588. The largest absolute Gasteiger partial charge is 0.497 e. The van der Waals surface area contributed by atoms with Crippen LogP contribution in [-0.4, -0.2) is 39.3 Å². The first kappa shape index (κ1) is 14.9. The zero-order valence-corrected chi connectivity index (χ0v) is 13.0. The fourth-order valence-corrected chi connectivity index (χ4v) is 2.62. The van der Waals surface area contributed by atoms with E-state index in [1.54, 1.807) is 30.5 Å². The number of hydrogen-bond acceptors (Lipinski definition) is 6. The average Bonchev–Trinajstić information content (AvgIpc) is 3.16. The number of methoxy groups -OCH3 is 1. The quantitative estimate of drug-likeness (QED) is 0.676. The van der Waals surface area contributed by atoms with Crippen molar-refractivity contribution in [3.8, 4) is 5.75 Å². The summed E-state index contributed by atoms with van der Waals surface area (Å²) in [6, 6.07) is 9.56. The summed E-state index contributed by atoms with van der Waals surface area (Å²) >= 11 is 0. The molecule has 4 rings (SSSR count). The Balaban J connectivity index is 1.63. The number of fused-ring (bicyclic) bond motifs is 2.